The standard InChI is InChI=1S/C23H24N4/c1-15-17(3)27(14-19-10-7-11-25-13-19)23-21(15)22(24)20(16(2)26-23)12-18-8-5-4-6-9-18/h4-11,13H,12,14H2,1-3H3,(H2,24,26). The van der Waals surface area contributed by atoms with E-state index >= 15 is 0 Å². The van der Waals surface area contributed by atoms with Crippen molar-refractivity contribution in [1.82, 2.24) is 14.5 Å². The zero-order valence-electron chi connectivity index (χ0n) is 16.0. The van der Waals surface area contributed by atoms with Gasteiger partial charge >= 0.3 is 0 Å². The summed E-state index contributed by atoms with van der Waals surface area (Å²) in [6.45, 7) is 7.07. The first-order valence-corrected chi connectivity index (χ1v) is 9.23. The molecule has 3 heterocycles. The largest absolute Gasteiger partial charge is 0.398 e. The number of rotatable bonds is 4. The molecule has 1 aromatic carbocycles. The highest BCUT2D eigenvalue weighted by Gasteiger charge is 2.19. The normalized spacial score (nSPS) is 11.2. The molecule has 0 fully saturated rings. The summed E-state index contributed by atoms with van der Waals surface area (Å²) in [5.74, 6) is 0. The van der Waals surface area contributed by atoms with Gasteiger partial charge in [0.1, 0.15) is 5.65 Å². The van der Waals surface area contributed by atoms with Gasteiger partial charge in [-0.2, -0.15) is 0 Å². The molecule has 4 aromatic rings. The van der Waals surface area contributed by atoms with Crippen LogP contribution in [0.4, 0.5) is 5.69 Å². The molecule has 0 spiro atoms. The minimum Gasteiger partial charge on any atom is -0.398 e. The summed E-state index contributed by atoms with van der Waals surface area (Å²) in [5.41, 5.74) is 15.4. The second-order valence-corrected chi connectivity index (χ2v) is 7.11. The second-order valence-electron chi connectivity index (χ2n) is 7.11. The van der Waals surface area contributed by atoms with Crippen molar-refractivity contribution in [3.63, 3.8) is 0 Å². The quantitative estimate of drug-likeness (QED) is 0.582. The third-order valence-corrected chi connectivity index (χ3v) is 5.39. The van der Waals surface area contributed by atoms with Crippen molar-refractivity contribution in [3.8, 4) is 0 Å². The SMILES string of the molecule is Cc1nc2c(c(C)c(C)n2Cc2cccnc2)c(N)c1Cc1ccccc1. The van der Waals surface area contributed by atoms with Crippen molar-refractivity contribution in [2.75, 3.05) is 5.73 Å². The average molecular weight is 356 g/mol. The Balaban J connectivity index is 1.85. The Morgan fingerprint density at radius 2 is 1.70 bits per heavy atom. The maximum absolute atomic E-state index is 6.68. The monoisotopic (exact) mass is 356 g/mol. The lowest BCUT2D eigenvalue weighted by Crippen LogP contribution is -2.06. The van der Waals surface area contributed by atoms with Crippen molar-refractivity contribution in [2.45, 2.75) is 33.7 Å². The van der Waals surface area contributed by atoms with E-state index in [0.717, 1.165) is 46.5 Å². The summed E-state index contributed by atoms with van der Waals surface area (Å²) < 4.78 is 2.25. The Morgan fingerprint density at radius 3 is 2.41 bits per heavy atom. The molecule has 136 valence electrons. The fourth-order valence-electron chi connectivity index (χ4n) is 3.75. The van der Waals surface area contributed by atoms with Gasteiger partial charge in [0.15, 0.2) is 0 Å². The number of fused-ring (bicyclic) bond motifs is 1. The topological polar surface area (TPSA) is 56.7 Å². The van der Waals surface area contributed by atoms with Crippen LogP contribution in [0.1, 0.15) is 33.6 Å². The van der Waals surface area contributed by atoms with E-state index in [0.29, 0.717) is 0 Å². The number of hydrogen-bond acceptors (Lipinski definition) is 3. The van der Waals surface area contributed by atoms with Crippen LogP contribution < -0.4 is 5.73 Å². The lowest BCUT2D eigenvalue weighted by molar-refractivity contribution is 0.785. The van der Waals surface area contributed by atoms with Crippen LogP contribution in [0.15, 0.2) is 54.9 Å². The Kier molecular flexibility index (Phi) is 4.40. The lowest BCUT2D eigenvalue weighted by Gasteiger charge is -2.13. The number of nitrogens with zero attached hydrogens (tertiary/aromatic N) is 3. The average Bonchev–Trinajstić information content (AvgIpc) is 2.91. The van der Waals surface area contributed by atoms with Crippen LogP contribution in [-0.2, 0) is 13.0 Å². The molecule has 3 aromatic heterocycles. The molecule has 0 aliphatic rings. The summed E-state index contributed by atoms with van der Waals surface area (Å²) in [6.07, 6.45) is 4.50. The smallest absolute Gasteiger partial charge is 0.143 e. The third kappa shape index (κ3) is 3.08. The molecule has 0 radical (unpaired) electrons. The summed E-state index contributed by atoms with van der Waals surface area (Å²) >= 11 is 0. The van der Waals surface area contributed by atoms with Gasteiger partial charge in [-0.1, -0.05) is 36.4 Å². The molecule has 0 unspecified atom stereocenters. The van der Waals surface area contributed by atoms with Crippen molar-refractivity contribution < 1.29 is 0 Å². The molecule has 4 rings (SSSR count). The lowest BCUT2D eigenvalue weighted by atomic mass is 9.99. The molecule has 0 amide bonds. The zero-order chi connectivity index (χ0) is 19.0. The molecule has 2 N–H and O–H groups in total. The highest BCUT2D eigenvalue weighted by atomic mass is 15.1. The van der Waals surface area contributed by atoms with Gasteiger partial charge in [0.2, 0.25) is 0 Å². The second kappa shape index (κ2) is 6.88. The number of nitrogens with two attached hydrogens (primary N) is 1. The fraction of sp³-hybridized carbons (Fsp3) is 0.217. The molecule has 0 atom stereocenters. The number of pyridine rings is 2. The highest BCUT2D eigenvalue weighted by Crippen LogP contribution is 2.34. The van der Waals surface area contributed by atoms with Gasteiger partial charge in [-0.3, -0.25) is 4.98 Å². The Labute approximate surface area is 159 Å². The number of benzene rings is 1. The Hall–Kier alpha value is -3.14. The first-order valence-electron chi connectivity index (χ1n) is 9.23. The van der Waals surface area contributed by atoms with Crippen LogP contribution >= 0.6 is 0 Å². The summed E-state index contributed by atoms with van der Waals surface area (Å²) in [5, 5.41) is 1.08. The van der Waals surface area contributed by atoms with Crippen LogP contribution in [0.3, 0.4) is 0 Å². The molecule has 4 nitrogen and oxygen atoms in total. The van der Waals surface area contributed by atoms with Gasteiger partial charge < -0.3 is 10.3 Å². The predicted octanol–water partition coefficient (Wildman–Crippen LogP) is 4.58. The van der Waals surface area contributed by atoms with E-state index in [4.69, 9.17) is 10.7 Å². The Morgan fingerprint density at radius 1 is 0.963 bits per heavy atom. The van der Waals surface area contributed by atoms with Gasteiger partial charge in [0.25, 0.3) is 0 Å². The van der Waals surface area contributed by atoms with Crippen LogP contribution in [-0.4, -0.2) is 14.5 Å². The molecule has 0 aliphatic carbocycles. The van der Waals surface area contributed by atoms with Gasteiger partial charge in [-0.15, -0.1) is 0 Å². The van der Waals surface area contributed by atoms with E-state index in [-0.39, 0.29) is 0 Å². The highest BCUT2D eigenvalue weighted by molar-refractivity contribution is 5.95. The predicted molar refractivity (Wildman–Crippen MR) is 111 cm³/mol. The maximum atomic E-state index is 6.68. The van der Waals surface area contributed by atoms with Gasteiger partial charge in [0.05, 0.1) is 6.54 Å². The van der Waals surface area contributed by atoms with Crippen LogP contribution in [0, 0.1) is 20.8 Å². The maximum Gasteiger partial charge on any atom is 0.143 e. The van der Waals surface area contributed by atoms with Crippen molar-refractivity contribution in [2.24, 2.45) is 0 Å². The summed E-state index contributed by atoms with van der Waals surface area (Å²) in [6, 6.07) is 14.5. The zero-order valence-corrected chi connectivity index (χ0v) is 16.0. The molecule has 0 saturated heterocycles. The minimum atomic E-state index is 0.744. The van der Waals surface area contributed by atoms with Gasteiger partial charge in [-0.05, 0) is 43.5 Å². The van der Waals surface area contributed by atoms with E-state index in [2.05, 4.69) is 60.7 Å². The first kappa shape index (κ1) is 17.3. The third-order valence-electron chi connectivity index (χ3n) is 5.39. The Bertz CT molecular complexity index is 1100. The number of anilines is 1. The van der Waals surface area contributed by atoms with Gasteiger partial charge in [-0.25, -0.2) is 4.98 Å². The summed E-state index contributed by atoms with van der Waals surface area (Å²) in [4.78, 5) is 9.21. The molecule has 27 heavy (non-hydrogen) atoms. The van der Waals surface area contributed by atoms with Crippen LogP contribution in [0.2, 0.25) is 0 Å². The molecule has 0 bridgehead atoms. The van der Waals surface area contributed by atoms with E-state index in [1.165, 1.54) is 16.8 Å². The number of aryl methyl sites for hydroxylation is 2. The van der Waals surface area contributed by atoms with E-state index in [1.54, 1.807) is 6.20 Å². The van der Waals surface area contributed by atoms with Gasteiger partial charge in [0, 0.05) is 46.8 Å². The minimum absolute atomic E-state index is 0.744. The number of hydrogen-bond donors (Lipinski definition) is 1. The molecule has 0 saturated carbocycles. The van der Waals surface area contributed by atoms with Crippen LogP contribution in [0.5, 0.6) is 0 Å². The first-order chi connectivity index (χ1) is 13.1. The summed E-state index contributed by atoms with van der Waals surface area (Å²) in [7, 11) is 0. The molecule has 0 aliphatic heterocycles. The molecular formula is C23H24N4. The van der Waals surface area contributed by atoms with Crippen LogP contribution in [0.25, 0.3) is 11.0 Å². The number of aromatic nitrogens is 3. The molecule has 4 heteroatoms. The number of nitrogen functional groups attached to an aromatic ring is 1. The molecular weight excluding hydrogens is 332 g/mol. The van der Waals surface area contributed by atoms with Crippen molar-refractivity contribution in [3.05, 3.63) is 88.5 Å². The van der Waals surface area contributed by atoms with Crippen molar-refractivity contribution >= 4 is 16.7 Å². The van der Waals surface area contributed by atoms with E-state index in [9.17, 15) is 0 Å². The fourth-order valence-corrected chi connectivity index (χ4v) is 3.75. The van der Waals surface area contributed by atoms with E-state index < -0.39 is 0 Å². The van der Waals surface area contributed by atoms with E-state index in [1.807, 2.05) is 18.3 Å². The van der Waals surface area contributed by atoms with Crippen molar-refractivity contribution in [1.29, 1.82) is 0 Å².